The topological polar surface area (TPSA) is 62.5 Å². The maximum Gasteiger partial charge on any atom is 0.265 e. The van der Waals surface area contributed by atoms with Gasteiger partial charge in [0.2, 0.25) is 0 Å². The number of amides is 1. The molecule has 0 bridgehead atoms. The zero-order valence-electron chi connectivity index (χ0n) is 13.5. The smallest absolute Gasteiger partial charge is 0.265 e. The first-order valence-corrected chi connectivity index (χ1v) is 10.0. The number of benzene rings is 1. The standard InChI is InChI=1S/C18H14BrClN2O3S/c19-15-11-5-6-14(24)22(13-4-2-1-3-12(13)20)18(11)26-16(15)17(25)21-8-7-10(23)9-21/h1-6,10,23H,7-9H2/t10-/m0/s1. The van der Waals surface area contributed by atoms with E-state index in [1.54, 1.807) is 29.2 Å². The molecule has 1 saturated heterocycles. The Bertz CT molecular complexity index is 1080. The molecule has 1 atom stereocenters. The van der Waals surface area contributed by atoms with Gasteiger partial charge in [-0.25, -0.2) is 0 Å². The molecular weight excluding hydrogens is 440 g/mol. The summed E-state index contributed by atoms with van der Waals surface area (Å²) in [5, 5.41) is 10.9. The van der Waals surface area contributed by atoms with Crippen molar-refractivity contribution in [3.63, 3.8) is 0 Å². The van der Waals surface area contributed by atoms with E-state index in [1.165, 1.54) is 22.0 Å². The van der Waals surface area contributed by atoms with E-state index in [-0.39, 0.29) is 11.5 Å². The lowest BCUT2D eigenvalue weighted by Crippen LogP contribution is -2.29. The molecule has 1 N–H and O–H groups in total. The molecule has 0 unspecified atom stereocenters. The molecule has 5 nitrogen and oxygen atoms in total. The Morgan fingerprint density at radius 3 is 2.73 bits per heavy atom. The summed E-state index contributed by atoms with van der Waals surface area (Å²) in [6.45, 7) is 0.856. The largest absolute Gasteiger partial charge is 0.391 e. The van der Waals surface area contributed by atoms with Gasteiger partial charge >= 0.3 is 0 Å². The highest BCUT2D eigenvalue weighted by molar-refractivity contribution is 9.10. The van der Waals surface area contributed by atoms with Gasteiger partial charge < -0.3 is 10.0 Å². The zero-order valence-corrected chi connectivity index (χ0v) is 16.6. The van der Waals surface area contributed by atoms with E-state index in [9.17, 15) is 14.7 Å². The highest BCUT2D eigenvalue weighted by Gasteiger charge is 2.29. The summed E-state index contributed by atoms with van der Waals surface area (Å²) in [5.74, 6) is -0.146. The summed E-state index contributed by atoms with van der Waals surface area (Å²) < 4.78 is 2.19. The molecule has 3 aromatic rings. The second-order valence-electron chi connectivity index (χ2n) is 6.12. The fourth-order valence-electron chi connectivity index (χ4n) is 3.12. The summed E-state index contributed by atoms with van der Waals surface area (Å²) in [7, 11) is 0. The van der Waals surface area contributed by atoms with Gasteiger partial charge in [0.25, 0.3) is 11.5 Å². The van der Waals surface area contributed by atoms with Crippen molar-refractivity contribution in [2.45, 2.75) is 12.5 Å². The number of hydrogen-bond donors (Lipinski definition) is 1. The molecule has 26 heavy (non-hydrogen) atoms. The normalized spacial score (nSPS) is 17.2. The van der Waals surface area contributed by atoms with Crippen molar-refractivity contribution in [1.29, 1.82) is 0 Å². The molecule has 0 saturated carbocycles. The molecule has 0 radical (unpaired) electrons. The average molecular weight is 454 g/mol. The summed E-state index contributed by atoms with van der Waals surface area (Å²) in [6, 6.07) is 10.3. The molecule has 2 aromatic heterocycles. The molecule has 1 aliphatic rings. The van der Waals surface area contributed by atoms with Crippen LogP contribution in [0.5, 0.6) is 0 Å². The van der Waals surface area contributed by atoms with Gasteiger partial charge in [0.15, 0.2) is 0 Å². The molecule has 4 rings (SSSR count). The number of thiophene rings is 1. The van der Waals surface area contributed by atoms with Gasteiger partial charge in [0.05, 0.1) is 21.3 Å². The van der Waals surface area contributed by atoms with Crippen LogP contribution in [0.3, 0.4) is 0 Å². The lowest BCUT2D eigenvalue weighted by Gasteiger charge is -2.14. The number of para-hydroxylation sites is 1. The van der Waals surface area contributed by atoms with E-state index < -0.39 is 6.10 Å². The van der Waals surface area contributed by atoms with Crippen LogP contribution >= 0.6 is 38.9 Å². The van der Waals surface area contributed by atoms with Crippen LogP contribution in [-0.4, -0.2) is 39.7 Å². The predicted molar refractivity (Wildman–Crippen MR) is 107 cm³/mol. The van der Waals surface area contributed by atoms with Crippen molar-refractivity contribution in [2.75, 3.05) is 13.1 Å². The quantitative estimate of drug-likeness (QED) is 0.644. The number of pyridine rings is 1. The third-order valence-electron chi connectivity index (χ3n) is 4.42. The average Bonchev–Trinajstić information content (AvgIpc) is 3.19. The van der Waals surface area contributed by atoms with Gasteiger partial charge in [-0.2, -0.15) is 0 Å². The first-order valence-electron chi connectivity index (χ1n) is 8.03. The minimum Gasteiger partial charge on any atom is -0.391 e. The maximum atomic E-state index is 12.9. The first kappa shape index (κ1) is 17.7. The van der Waals surface area contributed by atoms with E-state index in [4.69, 9.17) is 11.6 Å². The van der Waals surface area contributed by atoms with Crippen molar-refractivity contribution in [3.05, 3.63) is 61.1 Å². The van der Waals surface area contributed by atoms with Crippen LogP contribution in [0.4, 0.5) is 0 Å². The fraction of sp³-hybridized carbons (Fsp3) is 0.222. The van der Waals surface area contributed by atoms with Crippen LogP contribution in [0.1, 0.15) is 16.1 Å². The first-order chi connectivity index (χ1) is 12.5. The summed E-state index contributed by atoms with van der Waals surface area (Å²) >= 11 is 11.1. The Kier molecular flexibility index (Phi) is 4.64. The fourth-order valence-corrected chi connectivity index (χ4v) is 5.37. The van der Waals surface area contributed by atoms with Crippen LogP contribution < -0.4 is 5.56 Å². The zero-order chi connectivity index (χ0) is 18.4. The summed E-state index contributed by atoms with van der Waals surface area (Å²) in [6.07, 6.45) is 0.104. The van der Waals surface area contributed by atoms with Crippen LogP contribution in [0.25, 0.3) is 15.9 Å². The summed E-state index contributed by atoms with van der Waals surface area (Å²) in [5.41, 5.74) is 0.365. The van der Waals surface area contributed by atoms with Crippen molar-refractivity contribution in [2.24, 2.45) is 0 Å². The van der Waals surface area contributed by atoms with Crippen molar-refractivity contribution in [3.8, 4) is 5.69 Å². The second kappa shape index (κ2) is 6.81. The Morgan fingerprint density at radius 1 is 1.27 bits per heavy atom. The molecule has 8 heteroatoms. The molecule has 1 aliphatic heterocycles. The minimum atomic E-state index is -0.478. The molecule has 1 aromatic carbocycles. The number of β-amino-alcohol motifs (C(OH)–C–C–N with tert-alkyl or cyclic N) is 1. The van der Waals surface area contributed by atoms with Gasteiger partial charge in [-0.05, 0) is 40.5 Å². The van der Waals surface area contributed by atoms with E-state index in [0.717, 1.165) is 5.39 Å². The Morgan fingerprint density at radius 2 is 2.04 bits per heavy atom. The van der Waals surface area contributed by atoms with E-state index in [2.05, 4.69) is 15.9 Å². The van der Waals surface area contributed by atoms with Crippen LogP contribution in [-0.2, 0) is 0 Å². The third-order valence-corrected chi connectivity index (χ3v) is 7.00. The maximum absolute atomic E-state index is 12.9. The molecule has 3 heterocycles. The molecule has 1 fully saturated rings. The Hall–Kier alpha value is -1.67. The number of hydrogen-bond acceptors (Lipinski definition) is 4. The highest BCUT2D eigenvalue weighted by atomic mass is 79.9. The highest BCUT2D eigenvalue weighted by Crippen LogP contribution is 2.37. The molecule has 1 amide bonds. The van der Waals surface area contributed by atoms with Crippen LogP contribution in [0, 0.1) is 0 Å². The number of likely N-dealkylation sites (tertiary alicyclic amines) is 1. The van der Waals surface area contributed by atoms with Gasteiger partial charge in [-0.3, -0.25) is 14.2 Å². The number of fused-ring (bicyclic) bond motifs is 1. The van der Waals surface area contributed by atoms with E-state index in [1.807, 2.05) is 6.07 Å². The van der Waals surface area contributed by atoms with Crippen molar-refractivity contribution >= 4 is 55.0 Å². The summed E-state index contributed by atoms with van der Waals surface area (Å²) in [4.78, 5) is 28.2. The second-order valence-corrected chi connectivity index (χ2v) is 8.32. The van der Waals surface area contributed by atoms with Gasteiger partial charge in [0.1, 0.15) is 9.71 Å². The lowest BCUT2D eigenvalue weighted by molar-refractivity contribution is 0.0769. The number of nitrogens with zero attached hydrogens (tertiary/aromatic N) is 2. The number of aromatic nitrogens is 1. The van der Waals surface area contributed by atoms with E-state index in [0.29, 0.717) is 44.4 Å². The van der Waals surface area contributed by atoms with Crippen LogP contribution in [0.15, 0.2) is 45.7 Å². The molecule has 0 spiro atoms. The third kappa shape index (κ3) is 2.89. The Balaban J connectivity index is 1.90. The number of carbonyl (C=O) groups is 1. The number of rotatable bonds is 2. The molecule has 0 aliphatic carbocycles. The van der Waals surface area contributed by atoms with E-state index >= 15 is 0 Å². The molecule has 134 valence electrons. The van der Waals surface area contributed by atoms with Gasteiger partial charge in [0, 0.05) is 24.5 Å². The lowest BCUT2D eigenvalue weighted by atomic mass is 10.2. The minimum absolute atomic E-state index is 0.146. The van der Waals surface area contributed by atoms with Gasteiger partial charge in [-0.15, -0.1) is 11.3 Å². The monoisotopic (exact) mass is 452 g/mol. The Labute approximate surface area is 166 Å². The SMILES string of the molecule is O=C(c1sc2c(ccc(=O)n2-c2ccccc2Cl)c1Br)N1CC[C@H](O)C1. The number of halogens is 2. The number of aliphatic hydroxyl groups excluding tert-OH is 1. The predicted octanol–water partition coefficient (Wildman–Crippen LogP) is 3.67. The van der Waals surface area contributed by atoms with Crippen molar-refractivity contribution < 1.29 is 9.90 Å². The number of aliphatic hydroxyl groups is 1. The van der Waals surface area contributed by atoms with Crippen LogP contribution in [0.2, 0.25) is 5.02 Å². The van der Waals surface area contributed by atoms with Gasteiger partial charge in [-0.1, -0.05) is 23.7 Å². The molecular formula is C18H14BrClN2O3S. The van der Waals surface area contributed by atoms with Crippen molar-refractivity contribution in [1.82, 2.24) is 9.47 Å². The number of carbonyl (C=O) groups excluding carboxylic acids is 1.